The van der Waals surface area contributed by atoms with E-state index in [0.717, 1.165) is 47.2 Å². The molecule has 1 heterocycles. The van der Waals surface area contributed by atoms with Gasteiger partial charge in [0.05, 0.1) is 4.90 Å². The lowest BCUT2D eigenvalue weighted by atomic mass is 10.1. The lowest BCUT2D eigenvalue weighted by Crippen LogP contribution is -2.38. The number of benzene rings is 1. The number of alkyl halides is 3. The van der Waals surface area contributed by atoms with Crippen molar-refractivity contribution in [3.63, 3.8) is 0 Å². The Balaban J connectivity index is 2.44. The third-order valence-electron chi connectivity index (χ3n) is 3.41. The maximum Gasteiger partial charge on any atom is 0.408 e. The summed E-state index contributed by atoms with van der Waals surface area (Å²) in [5, 5.41) is 0. The van der Waals surface area contributed by atoms with E-state index in [4.69, 9.17) is 0 Å². The van der Waals surface area contributed by atoms with Crippen LogP contribution in [0.1, 0.15) is 18.5 Å². The van der Waals surface area contributed by atoms with Gasteiger partial charge >= 0.3 is 6.18 Å². The van der Waals surface area contributed by atoms with Crippen LogP contribution in [-0.2, 0) is 16.6 Å². The van der Waals surface area contributed by atoms with Crippen molar-refractivity contribution in [3.8, 4) is 0 Å². The number of hydrogen-bond acceptors (Lipinski definition) is 3. The maximum absolute atomic E-state index is 13.3. The number of hydrogen-bond donors (Lipinski definition) is 1. The van der Waals surface area contributed by atoms with Gasteiger partial charge in [0, 0.05) is 18.8 Å². The molecular formula is C15H14F4N2O3S. The highest BCUT2D eigenvalue weighted by molar-refractivity contribution is 7.89. The number of nitrogens with one attached hydrogen (secondary N) is 1. The van der Waals surface area contributed by atoms with Crippen molar-refractivity contribution in [3.05, 3.63) is 64.3 Å². The van der Waals surface area contributed by atoms with E-state index in [1.54, 1.807) is 11.6 Å². The standard InChI is InChI=1S/C15H14F4N2O3S/c1-2-21-9-12(7-8-13(21)22)25(23,24)20-14(15(17,18)19)10-3-5-11(16)6-4-10/h3-9,14,20H,2H2,1H3. The van der Waals surface area contributed by atoms with E-state index in [0.29, 0.717) is 0 Å². The summed E-state index contributed by atoms with van der Waals surface area (Å²) in [4.78, 5) is 11.0. The molecule has 10 heteroatoms. The van der Waals surface area contributed by atoms with Crippen LogP contribution in [-0.4, -0.2) is 19.2 Å². The van der Waals surface area contributed by atoms with Crippen LogP contribution >= 0.6 is 0 Å². The van der Waals surface area contributed by atoms with Crippen molar-refractivity contribution in [2.75, 3.05) is 0 Å². The predicted octanol–water partition coefficient (Wildman–Crippen LogP) is 2.59. The number of aromatic nitrogens is 1. The molecule has 136 valence electrons. The van der Waals surface area contributed by atoms with Crippen LogP contribution < -0.4 is 10.3 Å². The van der Waals surface area contributed by atoms with Gasteiger partial charge in [-0.25, -0.2) is 12.8 Å². The third-order valence-corrected chi connectivity index (χ3v) is 4.82. The third kappa shape index (κ3) is 4.45. The normalized spacial score (nSPS) is 13.6. The zero-order valence-electron chi connectivity index (χ0n) is 12.9. The summed E-state index contributed by atoms with van der Waals surface area (Å²) in [6, 6.07) is 2.64. The lowest BCUT2D eigenvalue weighted by molar-refractivity contribution is -0.153. The van der Waals surface area contributed by atoms with Gasteiger partial charge in [-0.1, -0.05) is 12.1 Å². The van der Waals surface area contributed by atoms with Crippen LogP contribution in [0.15, 0.2) is 52.3 Å². The Morgan fingerprint density at radius 1 is 1.12 bits per heavy atom. The number of aryl methyl sites for hydroxylation is 1. The molecule has 25 heavy (non-hydrogen) atoms. The minimum Gasteiger partial charge on any atom is -0.314 e. The maximum atomic E-state index is 13.3. The molecule has 0 fully saturated rings. The van der Waals surface area contributed by atoms with E-state index in [1.807, 2.05) is 0 Å². The van der Waals surface area contributed by atoms with E-state index < -0.39 is 44.1 Å². The molecule has 0 bridgehead atoms. The summed E-state index contributed by atoms with van der Waals surface area (Å²) in [5.41, 5.74) is -0.936. The second-order valence-corrected chi connectivity index (χ2v) is 6.85. The summed E-state index contributed by atoms with van der Waals surface area (Å²) in [5.74, 6) is -0.748. The average molecular weight is 378 g/mol. The summed E-state index contributed by atoms with van der Waals surface area (Å²) in [6.45, 7) is 1.74. The predicted molar refractivity (Wildman–Crippen MR) is 81.9 cm³/mol. The first-order chi connectivity index (χ1) is 11.5. The largest absolute Gasteiger partial charge is 0.408 e. The molecule has 1 unspecified atom stereocenters. The monoisotopic (exact) mass is 378 g/mol. The van der Waals surface area contributed by atoms with Gasteiger partial charge < -0.3 is 4.57 Å². The molecule has 2 aromatic rings. The molecular weight excluding hydrogens is 364 g/mol. The van der Waals surface area contributed by atoms with E-state index in [1.165, 1.54) is 0 Å². The van der Waals surface area contributed by atoms with Gasteiger partial charge in [0.1, 0.15) is 11.9 Å². The van der Waals surface area contributed by atoms with Gasteiger partial charge in [0.15, 0.2) is 0 Å². The lowest BCUT2D eigenvalue weighted by Gasteiger charge is -2.22. The smallest absolute Gasteiger partial charge is 0.314 e. The fourth-order valence-corrected chi connectivity index (χ4v) is 3.35. The molecule has 0 spiro atoms. The number of halogens is 4. The van der Waals surface area contributed by atoms with E-state index >= 15 is 0 Å². The quantitative estimate of drug-likeness (QED) is 0.814. The summed E-state index contributed by atoms with van der Waals surface area (Å²) >= 11 is 0. The van der Waals surface area contributed by atoms with Crippen molar-refractivity contribution in [1.29, 1.82) is 0 Å². The average Bonchev–Trinajstić information content (AvgIpc) is 2.53. The first kappa shape index (κ1) is 19.1. The molecule has 0 saturated heterocycles. The Hall–Kier alpha value is -2.20. The Labute approximate surface area is 141 Å². The molecule has 0 aliphatic carbocycles. The molecule has 0 aliphatic heterocycles. The van der Waals surface area contributed by atoms with Crippen LogP contribution in [0.2, 0.25) is 0 Å². The topological polar surface area (TPSA) is 68.2 Å². The number of pyridine rings is 1. The first-order valence-electron chi connectivity index (χ1n) is 7.09. The van der Waals surface area contributed by atoms with Crippen LogP contribution in [0.3, 0.4) is 0 Å². The molecule has 1 N–H and O–H groups in total. The van der Waals surface area contributed by atoms with Crippen molar-refractivity contribution in [1.82, 2.24) is 9.29 Å². The summed E-state index contributed by atoms with van der Waals surface area (Å²) in [7, 11) is -4.57. The molecule has 0 radical (unpaired) electrons. The molecule has 1 aromatic heterocycles. The van der Waals surface area contributed by atoms with Crippen molar-refractivity contribution in [2.45, 2.75) is 30.6 Å². The minimum absolute atomic E-state index is 0.156. The van der Waals surface area contributed by atoms with Gasteiger partial charge in [-0.2, -0.15) is 17.9 Å². The minimum atomic E-state index is -4.94. The fraction of sp³-hybridized carbons (Fsp3) is 0.267. The summed E-state index contributed by atoms with van der Waals surface area (Å²) < 4.78 is 80.0. The van der Waals surface area contributed by atoms with E-state index in [2.05, 4.69) is 0 Å². The number of nitrogens with zero attached hydrogens (tertiary/aromatic N) is 1. The number of sulfonamides is 1. The molecule has 0 amide bonds. The Kier molecular flexibility index (Phi) is 5.33. The number of rotatable bonds is 5. The molecule has 0 saturated carbocycles. The van der Waals surface area contributed by atoms with Crippen LogP contribution in [0.5, 0.6) is 0 Å². The Morgan fingerprint density at radius 3 is 2.24 bits per heavy atom. The first-order valence-corrected chi connectivity index (χ1v) is 8.58. The van der Waals surface area contributed by atoms with Crippen LogP contribution in [0.4, 0.5) is 17.6 Å². The molecule has 5 nitrogen and oxygen atoms in total. The zero-order chi connectivity index (χ0) is 18.8. The summed E-state index contributed by atoms with van der Waals surface area (Å²) in [6.07, 6.45) is -3.98. The van der Waals surface area contributed by atoms with Crippen molar-refractivity contribution >= 4 is 10.0 Å². The van der Waals surface area contributed by atoms with Gasteiger partial charge in [0.2, 0.25) is 10.0 Å². The SMILES string of the molecule is CCn1cc(S(=O)(=O)NC(c2ccc(F)cc2)C(F)(F)F)ccc1=O. The molecule has 1 atom stereocenters. The highest BCUT2D eigenvalue weighted by Crippen LogP contribution is 2.34. The van der Waals surface area contributed by atoms with Gasteiger partial charge in [-0.15, -0.1) is 0 Å². The van der Waals surface area contributed by atoms with Crippen LogP contribution in [0, 0.1) is 5.82 Å². The van der Waals surface area contributed by atoms with Gasteiger partial charge in [-0.3, -0.25) is 4.79 Å². The van der Waals surface area contributed by atoms with Crippen molar-refractivity contribution < 1.29 is 26.0 Å². The molecule has 2 rings (SSSR count). The Morgan fingerprint density at radius 2 is 1.72 bits per heavy atom. The van der Waals surface area contributed by atoms with E-state index in [9.17, 15) is 30.8 Å². The van der Waals surface area contributed by atoms with Gasteiger partial charge in [-0.05, 0) is 30.7 Å². The Bertz CT molecular complexity index is 906. The molecule has 1 aromatic carbocycles. The second-order valence-electron chi connectivity index (χ2n) is 5.14. The fourth-order valence-electron chi connectivity index (χ4n) is 2.12. The second kappa shape index (κ2) is 6.96. The highest BCUT2D eigenvalue weighted by atomic mass is 32.2. The van der Waals surface area contributed by atoms with Crippen molar-refractivity contribution in [2.24, 2.45) is 0 Å². The zero-order valence-corrected chi connectivity index (χ0v) is 13.7. The van der Waals surface area contributed by atoms with Gasteiger partial charge in [0.25, 0.3) is 5.56 Å². The van der Waals surface area contributed by atoms with E-state index in [-0.39, 0.29) is 6.54 Å². The van der Waals surface area contributed by atoms with Crippen LogP contribution in [0.25, 0.3) is 0 Å². The highest BCUT2D eigenvalue weighted by Gasteiger charge is 2.43. The molecule has 0 aliphatic rings.